The van der Waals surface area contributed by atoms with E-state index in [9.17, 15) is 0 Å². The van der Waals surface area contributed by atoms with Gasteiger partial charge in [-0.05, 0) is 24.7 Å². The Balaban J connectivity index is 1.77. The first-order valence-corrected chi connectivity index (χ1v) is 7.04. The molecule has 1 aliphatic carbocycles. The van der Waals surface area contributed by atoms with E-state index in [-0.39, 0.29) is 0 Å². The summed E-state index contributed by atoms with van der Waals surface area (Å²) in [5.74, 6) is 1.91. The Morgan fingerprint density at radius 3 is 2.20 bits per heavy atom. The van der Waals surface area contributed by atoms with Crippen LogP contribution in [-0.2, 0) is 4.74 Å². The van der Waals surface area contributed by atoms with Gasteiger partial charge in [0.2, 0.25) is 0 Å². The molecule has 1 nitrogen and oxygen atoms in total. The first-order valence-electron chi connectivity index (χ1n) is 7.04. The summed E-state index contributed by atoms with van der Waals surface area (Å²) in [5.41, 5.74) is 0. The number of hydrogen-bond acceptors (Lipinski definition) is 1. The summed E-state index contributed by atoms with van der Waals surface area (Å²) in [5, 5.41) is 0. The molecule has 0 spiro atoms. The number of ether oxygens (including phenoxy) is 1. The highest BCUT2D eigenvalue weighted by atomic mass is 16.5. The molecule has 1 saturated heterocycles. The van der Waals surface area contributed by atoms with Crippen molar-refractivity contribution in [2.24, 2.45) is 11.8 Å². The average molecular weight is 210 g/mol. The van der Waals surface area contributed by atoms with Gasteiger partial charge in [0.05, 0.1) is 0 Å². The standard InChI is InChI=1S/C14H26O/c1-2-4-6-11-15-12-14-10-7-9-13(14)8-5-3-1/h13-14H,1-12H2. The van der Waals surface area contributed by atoms with Crippen molar-refractivity contribution in [2.75, 3.05) is 13.2 Å². The first-order chi connectivity index (χ1) is 7.47. The van der Waals surface area contributed by atoms with Gasteiger partial charge in [0.15, 0.2) is 0 Å². The molecule has 0 aromatic heterocycles. The van der Waals surface area contributed by atoms with Gasteiger partial charge in [-0.1, -0.05) is 51.4 Å². The van der Waals surface area contributed by atoms with Crippen molar-refractivity contribution in [3.05, 3.63) is 0 Å². The van der Waals surface area contributed by atoms with Gasteiger partial charge in [-0.3, -0.25) is 0 Å². The maximum absolute atomic E-state index is 5.82. The van der Waals surface area contributed by atoms with Crippen LogP contribution in [0.3, 0.4) is 0 Å². The molecule has 2 rings (SSSR count). The minimum Gasteiger partial charge on any atom is -0.381 e. The molecule has 0 bridgehead atoms. The molecule has 2 fully saturated rings. The Labute approximate surface area is 94.6 Å². The summed E-state index contributed by atoms with van der Waals surface area (Å²) >= 11 is 0. The van der Waals surface area contributed by atoms with Crippen molar-refractivity contribution in [1.29, 1.82) is 0 Å². The molecule has 2 unspecified atom stereocenters. The van der Waals surface area contributed by atoms with Crippen molar-refractivity contribution in [1.82, 2.24) is 0 Å². The lowest BCUT2D eigenvalue weighted by Crippen LogP contribution is -2.15. The summed E-state index contributed by atoms with van der Waals surface area (Å²) in [7, 11) is 0. The van der Waals surface area contributed by atoms with Gasteiger partial charge in [0, 0.05) is 13.2 Å². The van der Waals surface area contributed by atoms with Crippen LogP contribution in [0, 0.1) is 11.8 Å². The number of hydrogen-bond donors (Lipinski definition) is 0. The molecule has 88 valence electrons. The van der Waals surface area contributed by atoms with Crippen LogP contribution >= 0.6 is 0 Å². The van der Waals surface area contributed by atoms with Crippen molar-refractivity contribution in [2.45, 2.75) is 64.2 Å². The normalized spacial score (nSPS) is 35.2. The van der Waals surface area contributed by atoms with Crippen LogP contribution in [0.25, 0.3) is 0 Å². The molecule has 1 heteroatoms. The zero-order valence-electron chi connectivity index (χ0n) is 10.0. The number of fused-ring (bicyclic) bond motifs is 1. The fourth-order valence-corrected chi connectivity index (χ4v) is 3.27. The second-order valence-electron chi connectivity index (χ2n) is 5.44. The van der Waals surface area contributed by atoms with Gasteiger partial charge in [-0.15, -0.1) is 0 Å². The van der Waals surface area contributed by atoms with Crippen LogP contribution in [-0.4, -0.2) is 13.2 Å². The van der Waals surface area contributed by atoms with Gasteiger partial charge in [0.25, 0.3) is 0 Å². The summed E-state index contributed by atoms with van der Waals surface area (Å²) in [6.45, 7) is 2.08. The molecular formula is C14H26O. The molecule has 0 aromatic carbocycles. The fourth-order valence-electron chi connectivity index (χ4n) is 3.27. The largest absolute Gasteiger partial charge is 0.381 e. The van der Waals surface area contributed by atoms with Crippen molar-refractivity contribution < 1.29 is 4.74 Å². The van der Waals surface area contributed by atoms with Crippen LogP contribution in [0.1, 0.15) is 64.2 Å². The fraction of sp³-hybridized carbons (Fsp3) is 1.00. The lowest BCUT2D eigenvalue weighted by molar-refractivity contribution is 0.0796. The summed E-state index contributed by atoms with van der Waals surface area (Å²) in [6, 6.07) is 0. The monoisotopic (exact) mass is 210 g/mol. The Morgan fingerprint density at radius 1 is 0.600 bits per heavy atom. The molecule has 2 atom stereocenters. The highest BCUT2D eigenvalue weighted by molar-refractivity contribution is 4.77. The quantitative estimate of drug-likeness (QED) is 0.583. The molecule has 2 aliphatic rings. The third-order valence-electron chi connectivity index (χ3n) is 4.26. The third kappa shape index (κ3) is 3.79. The Hall–Kier alpha value is -0.0400. The third-order valence-corrected chi connectivity index (χ3v) is 4.26. The van der Waals surface area contributed by atoms with E-state index in [2.05, 4.69) is 0 Å². The maximum atomic E-state index is 5.82. The van der Waals surface area contributed by atoms with Crippen LogP contribution < -0.4 is 0 Å². The maximum Gasteiger partial charge on any atom is 0.0496 e. The SMILES string of the molecule is C1CCCCC2CCCC2COCCC1. The minimum absolute atomic E-state index is 0.907. The zero-order valence-corrected chi connectivity index (χ0v) is 10.0. The van der Waals surface area contributed by atoms with Crippen molar-refractivity contribution in [3.63, 3.8) is 0 Å². The van der Waals surface area contributed by atoms with E-state index in [0.717, 1.165) is 25.0 Å². The highest BCUT2D eigenvalue weighted by Crippen LogP contribution is 2.35. The highest BCUT2D eigenvalue weighted by Gasteiger charge is 2.26. The summed E-state index contributed by atoms with van der Waals surface area (Å²) in [4.78, 5) is 0. The van der Waals surface area contributed by atoms with E-state index in [1.807, 2.05) is 0 Å². The lowest BCUT2D eigenvalue weighted by atomic mass is 9.91. The van der Waals surface area contributed by atoms with Gasteiger partial charge < -0.3 is 4.74 Å². The lowest BCUT2D eigenvalue weighted by Gasteiger charge is -2.20. The zero-order chi connectivity index (χ0) is 10.3. The van der Waals surface area contributed by atoms with Crippen molar-refractivity contribution >= 4 is 0 Å². The van der Waals surface area contributed by atoms with Gasteiger partial charge in [-0.2, -0.15) is 0 Å². The molecule has 1 heterocycles. The van der Waals surface area contributed by atoms with E-state index in [1.165, 1.54) is 64.2 Å². The molecule has 0 N–H and O–H groups in total. The van der Waals surface area contributed by atoms with Gasteiger partial charge in [-0.25, -0.2) is 0 Å². The Bertz CT molecular complexity index is 149. The predicted molar refractivity (Wildman–Crippen MR) is 64.0 cm³/mol. The van der Waals surface area contributed by atoms with Gasteiger partial charge in [0.1, 0.15) is 0 Å². The molecule has 0 radical (unpaired) electrons. The Morgan fingerprint density at radius 2 is 1.27 bits per heavy atom. The Kier molecular flexibility index (Phi) is 4.98. The summed E-state index contributed by atoms with van der Waals surface area (Å²) in [6.07, 6.45) is 14.4. The first kappa shape index (κ1) is 11.4. The second-order valence-corrected chi connectivity index (χ2v) is 5.44. The van der Waals surface area contributed by atoms with Crippen LogP contribution in [0.5, 0.6) is 0 Å². The predicted octanol–water partition coefficient (Wildman–Crippen LogP) is 4.16. The summed E-state index contributed by atoms with van der Waals surface area (Å²) < 4.78 is 5.82. The van der Waals surface area contributed by atoms with E-state index >= 15 is 0 Å². The van der Waals surface area contributed by atoms with Crippen LogP contribution in [0.15, 0.2) is 0 Å². The molecule has 1 saturated carbocycles. The average Bonchev–Trinajstić information content (AvgIpc) is 2.65. The van der Waals surface area contributed by atoms with Crippen LogP contribution in [0.2, 0.25) is 0 Å². The molecule has 15 heavy (non-hydrogen) atoms. The topological polar surface area (TPSA) is 9.23 Å². The number of rotatable bonds is 0. The van der Waals surface area contributed by atoms with E-state index in [4.69, 9.17) is 4.74 Å². The van der Waals surface area contributed by atoms with Crippen molar-refractivity contribution in [3.8, 4) is 0 Å². The smallest absolute Gasteiger partial charge is 0.0496 e. The molecule has 0 amide bonds. The molecular weight excluding hydrogens is 184 g/mol. The van der Waals surface area contributed by atoms with E-state index < -0.39 is 0 Å². The van der Waals surface area contributed by atoms with Gasteiger partial charge >= 0.3 is 0 Å². The molecule has 0 aromatic rings. The van der Waals surface area contributed by atoms with E-state index in [0.29, 0.717) is 0 Å². The van der Waals surface area contributed by atoms with E-state index in [1.54, 1.807) is 0 Å². The minimum atomic E-state index is 0.907. The second kappa shape index (κ2) is 6.52. The van der Waals surface area contributed by atoms with Crippen LogP contribution in [0.4, 0.5) is 0 Å². The molecule has 1 aliphatic heterocycles.